The Morgan fingerprint density at radius 3 is 2.74 bits per heavy atom. The molecule has 100 valence electrons. The first-order valence-electron chi connectivity index (χ1n) is 6.24. The first kappa shape index (κ1) is 13.1. The maximum absolute atomic E-state index is 7.23. The number of aryl methyl sites for hydroxylation is 1. The van der Waals surface area contributed by atoms with Crippen molar-refractivity contribution in [2.45, 2.75) is 19.4 Å². The Hall–Kier alpha value is -2.30. The van der Waals surface area contributed by atoms with Gasteiger partial charge in [-0.3, -0.25) is 5.41 Å². The molecule has 5 heteroatoms. The first-order chi connectivity index (χ1) is 9.24. The molecule has 2 rings (SSSR count). The number of amidine groups is 1. The quantitative estimate of drug-likeness (QED) is 0.452. The normalized spacial score (nSPS) is 10.3. The van der Waals surface area contributed by atoms with Crippen molar-refractivity contribution in [3.8, 4) is 5.75 Å². The molecule has 0 saturated carbocycles. The van der Waals surface area contributed by atoms with Gasteiger partial charge in [-0.1, -0.05) is 12.1 Å². The van der Waals surface area contributed by atoms with Gasteiger partial charge in [0.1, 0.15) is 5.75 Å². The molecule has 1 aromatic carbocycles. The lowest BCUT2D eigenvalue weighted by molar-refractivity contribution is 0.301. The van der Waals surface area contributed by atoms with E-state index in [0.717, 1.165) is 24.3 Å². The van der Waals surface area contributed by atoms with Crippen LogP contribution >= 0.6 is 0 Å². The van der Waals surface area contributed by atoms with E-state index in [1.54, 1.807) is 12.5 Å². The van der Waals surface area contributed by atoms with Gasteiger partial charge in [-0.15, -0.1) is 0 Å². The molecule has 0 atom stereocenters. The number of nitrogens with zero attached hydrogens (tertiary/aromatic N) is 2. The lowest BCUT2D eigenvalue weighted by Gasteiger charge is -2.07. The Bertz CT molecular complexity index is 505. The van der Waals surface area contributed by atoms with Gasteiger partial charge in [0.05, 0.1) is 18.8 Å². The molecule has 0 bridgehead atoms. The molecule has 0 fully saturated rings. The van der Waals surface area contributed by atoms with Gasteiger partial charge < -0.3 is 15.0 Å². The average molecular weight is 258 g/mol. The van der Waals surface area contributed by atoms with Crippen molar-refractivity contribution < 1.29 is 4.74 Å². The van der Waals surface area contributed by atoms with Crippen LogP contribution in [0.1, 0.15) is 12.0 Å². The summed E-state index contributed by atoms with van der Waals surface area (Å²) in [6.07, 6.45) is 6.94. The standard InChI is InChI=1S/C14H18N4O/c15-14(16)10-12-2-4-13(5-3-12)19-9-1-7-18-8-6-17-11-18/h2-6,8,11H,1,7,9-10H2,(H3,15,16). The van der Waals surface area contributed by atoms with E-state index in [-0.39, 0.29) is 5.84 Å². The smallest absolute Gasteiger partial charge is 0.119 e. The number of hydrogen-bond donors (Lipinski definition) is 2. The molecule has 0 aliphatic rings. The highest BCUT2D eigenvalue weighted by Crippen LogP contribution is 2.12. The molecule has 0 spiro atoms. The van der Waals surface area contributed by atoms with E-state index >= 15 is 0 Å². The lowest BCUT2D eigenvalue weighted by Crippen LogP contribution is -2.12. The molecule has 0 unspecified atom stereocenters. The van der Waals surface area contributed by atoms with Crippen LogP contribution in [-0.2, 0) is 13.0 Å². The van der Waals surface area contributed by atoms with Crippen LogP contribution in [-0.4, -0.2) is 22.0 Å². The van der Waals surface area contributed by atoms with Crippen LogP contribution in [0.15, 0.2) is 43.0 Å². The fraction of sp³-hybridized carbons (Fsp3) is 0.286. The summed E-state index contributed by atoms with van der Waals surface area (Å²) in [5.74, 6) is 1.02. The third-order valence-electron chi connectivity index (χ3n) is 2.71. The van der Waals surface area contributed by atoms with Crippen molar-refractivity contribution in [1.82, 2.24) is 9.55 Å². The Morgan fingerprint density at radius 2 is 2.11 bits per heavy atom. The van der Waals surface area contributed by atoms with Gasteiger partial charge in [0, 0.05) is 25.4 Å². The molecular weight excluding hydrogens is 240 g/mol. The minimum atomic E-state index is 0.175. The molecular formula is C14H18N4O. The van der Waals surface area contributed by atoms with Gasteiger partial charge in [-0.25, -0.2) is 4.98 Å². The summed E-state index contributed by atoms with van der Waals surface area (Å²) in [7, 11) is 0. The number of ether oxygens (including phenoxy) is 1. The topological polar surface area (TPSA) is 76.9 Å². The Balaban J connectivity index is 1.72. The zero-order chi connectivity index (χ0) is 13.5. The van der Waals surface area contributed by atoms with Crippen LogP contribution in [0, 0.1) is 5.41 Å². The van der Waals surface area contributed by atoms with Crippen LogP contribution in [0.4, 0.5) is 0 Å². The fourth-order valence-corrected chi connectivity index (χ4v) is 1.78. The van der Waals surface area contributed by atoms with Gasteiger partial charge in [0.15, 0.2) is 0 Å². The fourth-order valence-electron chi connectivity index (χ4n) is 1.78. The summed E-state index contributed by atoms with van der Waals surface area (Å²) in [5, 5.41) is 7.23. The third-order valence-corrected chi connectivity index (χ3v) is 2.71. The molecule has 3 N–H and O–H groups in total. The van der Waals surface area contributed by atoms with E-state index in [2.05, 4.69) is 4.98 Å². The van der Waals surface area contributed by atoms with E-state index in [9.17, 15) is 0 Å². The molecule has 0 aliphatic carbocycles. The van der Waals surface area contributed by atoms with E-state index < -0.39 is 0 Å². The number of aromatic nitrogens is 2. The van der Waals surface area contributed by atoms with Crippen LogP contribution < -0.4 is 10.5 Å². The van der Waals surface area contributed by atoms with E-state index in [1.807, 2.05) is 35.0 Å². The summed E-state index contributed by atoms with van der Waals surface area (Å²) in [5.41, 5.74) is 6.38. The lowest BCUT2D eigenvalue weighted by atomic mass is 10.1. The number of nitrogens with two attached hydrogens (primary N) is 1. The van der Waals surface area contributed by atoms with Gasteiger partial charge in [-0.05, 0) is 24.1 Å². The molecule has 0 aliphatic heterocycles. The number of benzene rings is 1. The number of rotatable bonds is 7. The van der Waals surface area contributed by atoms with Crippen molar-refractivity contribution in [3.63, 3.8) is 0 Å². The predicted octanol–water partition coefficient (Wildman–Crippen LogP) is 1.83. The highest BCUT2D eigenvalue weighted by atomic mass is 16.5. The van der Waals surface area contributed by atoms with Crippen LogP contribution in [0.5, 0.6) is 5.75 Å². The summed E-state index contributed by atoms with van der Waals surface area (Å²) in [6.45, 7) is 1.58. The minimum Gasteiger partial charge on any atom is -0.494 e. The highest BCUT2D eigenvalue weighted by molar-refractivity contribution is 5.79. The molecule has 1 aromatic heterocycles. The molecule has 0 amide bonds. The molecule has 5 nitrogen and oxygen atoms in total. The monoisotopic (exact) mass is 258 g/mol. The second-order valence-corrected chi connectivity index (χ2v) is 4.35. The zero-order valence-electron chi connectivity index (χ0n) is 10.7. The van der Waals surface area contributed by atoms with Gasteiger partial charge in [0.2, 0.25) is 0 Å². The number of hydrogen-bond acceptors (Lipinski definition) is 3. The van der Waals surface area contributed by atoms with Gasteiger partial charge >= 0.3 is 0 Å². The van der Waals surface area contributed by atoms with E-state index in [1.165, 1.54) is 0 Å². The molecule has 0 radical (unpaired) electrons. The Morgan fingerprint density at radius 1 is 1.32 bits per heavy atom. The first-order valence-corrected chi connectivity index (χ1v) is 6.24. The van der Waals surface area contributed by atoms with Crippen molar-refractivity contribution in [3.05, 3.63) is 48.5 Å². The third kappa shape index (κ3) is 4.46. The summed E-state index contributed by atoms with van der Waals surface area (Å²) < 4.78 is 7.67. The van der Waals surface area contributed by atoms with E-state index in [4.69, 9.17) is 15.9 Å². The van der Waals surface area contributed by atoms with Crippen molar-refractivity contribution in [1.29, 1.82) is 5.41 Å². The second-order valence-electron chi connectivity index (χ2n) is 4.35. The van der Waals surface area contributed by atoms with Crippen LogP contribution in [0.2, 0.25) is 0 Å². The SMILES string of the molecule is N=C(N)Cc1ccc(OCCCn2ccnc2)cc1. The summed E-state index contributed by atoms with van der Waals surface area (Å²) in [6, 6.07) is 7.70. The van der Waals surface area contributed by atoms with Crippen molar-refractivity contribution in [2.24, 2.45) is 5.73 Å². The average Bonchev–Trinajstić information content (AvgIpc) is 2.89. The zero-order valence-corrected chi connectivity index (χ0v) is 10.7. The van der Waals surface area contributed by atoms with Crippen LogP contribution in [0.25, 0.3) is 0 Å². The maximum atomic E-state index is 7.23. The Kier molecular flexibility index (Phi) is 4.55. The minimum absolute atomic E-state index is 0.175. The van der Waals surface area contributed by atoms with Gasteiger partial charge in [0.25, 0.3) is 0 Å². The highest BCUT2D eigenvalue weighted by Gasteiger charge is 1.98. The molecule has 1 heterocycles. The van der Waals surface area contributed by atoms with Crippen molar-refractivity contribution in [2.75, 3.05) is 6.61 Å². The maximum Gasteiger partial charge on any atom is 0.119 e. The molecule has 19 heavy (non-hydrogen) atoms. The second kappa shape index (κ2) is 6.58. The van der Waals surface area contributed by atoms with Crippen molar-refractivity contribution >= 4 is 5.84 Å². The van der Waals surface area contributed by atoms with Gasteiger partial charge in [-0.2, -0.15) is 0 Å². The largest absolute Gasteiger partial charge is 0.494 e. The van der Waals surface area contributed by atoms with E-state index in [0.29, 0.717) is 13.0 Å². The number of imidazole rings is 1. The summed E-state index contributed by atoms with van der Waals surface area (Å²) >= 11 is 0. The summed E-state index contributed by atoms with van der Waals surface area (Å²) in [4.78, 5) is 3.99. The molecule has 0 saturated heterocycles. The number of nitrogens with one attached hydrogen (secondary N) is 1. The Labute approximate surface area is 112 Å². The molecule has 2 aromatic rings. The predicted molar refractivity (Wildman–Crippen MR) is 74.4 cm³/mol. The van der Waals surface area contributed by atoms with Crippen LogP contribution in [0.3, 0.4) is 0 Å².